The number of aliphatic hydroxyl groups is 1. The van der Waals surface area contributed by atoms with Crippen LogP contribution < -0.4 is 5.32 Å². The van der Waals surface area contributed by atoms with E-state index in [9.17, 15) is 9.90 Å². The minimum absolute atomic E-state index is 0.0844. The van der Waals surface area contributed by atoms with E-state index < -0.39 is 18.0 Å². The normalized spacial score (nSPS) is 19.0. The van der Waals surface area contributed by atoms with Crippen molar-refractivity contribution in [3.63, 3.8) is 0 Å². The van der Waals surface area contributed by atoms with Crippen molar-refractivity contribution < 1.29 is 19.4 Å². The summed E-state index contributed by atoms with van der Waals surface area (Å²) in [6.45, 7) is 5.51. The van der Waals surface area contributed by atoms with Gasteiger partial charge < -0.3 is 19.9 Å². The molecule has 2 atom stereocenters. The number of alkyl carbamates (subject to hydrolysis) is 1. The van der Waals surface area contributed by atoms with Gasteiger partial charge in [-0.2, -0.15) is 0 Å². The summed E-state index contributed by atoms with van der Waals surface area (Å²) in [6, 6.07) is 5.63. The molecule has 1 aromatic rings. The fourth-order valence-electron chi connectivity index (χ4n) is 2.51. The molecule has 0 fully saturated rings. The van der Waals surface area contributed by atoms with Gasteiger partial charge in [-0.15, -0.1) is 0 Å². The molecule has 5 nitrogen and oxygen atoms in total. The van der Waals surface area contributed by atoms with Crippen LogP contribution in [0.5, 0.6) is 0 Å². The van der Waals surface area contributed by atoms with Crippen molar-refractivity contribution in [3.05, 3.63) is 34.9 Å². The first-order chi connectivity index (χ1) is 9.80. The molecule has 1 aliphatic carbocycles. The quantitative estimate of drug-likeness (QED) is 0.841. The molecule has 0 saturated heterocycles. The minimum Gasteiger partial charge on any atom is -0.444 e. The first-order valence-corrected chi connectivity index (χ1v) is 7.13. The SMILES string of the molecule is COC(O)c1ccc2c(c1)[C@H](NC(=O)OC(C)(C)C)CC2. The Balaban J connectivity index is 2.11. The van der Waals surface area contributed by atoms with E-state index in [0.717, 1.165) is 18.4 Å². The summed E-state index contributed by atoms with van der Waals surface area (Å²) in [4.78, 5) is 11.9. The number of hydrogen-bond donors (Lipinski definition) is 2. The average Bonchev–Trinajstić information content (AvgIpc) is 2.78. The Hall–Kier alpha value is -1.59. The highest BCUT2D eigenvalue weighted by Crippen LogP contribution is 2.33. The number of carbonyl (C=O) groups is 1. The first kappa shape index (κ1) is 15.8. The van der Waals surface area contributed by atoms with Gasteiger partial charge in [0, 0.05) is 12.7 Å². The van der Waals surface area contributed by atoms with Crippen molar-refractivity contribution in [2.24, 2.45) is 0 Å². The van der Waals surface area contributed by atoms with Crippen LogP contribution in [0.25, 0.3) is 0 Å². The third kappa shape index (κ3) is 3.95. The van der Waals surface area contributed by atoms with E-state index in [1.54, 1.807) is 0 Å². The number of hydrogen-bond acceptors (Lipinski definition) is 4. The summed E-state index contributed by atoms with van der Waals surface area (Å²) >= 11 is 0. The highest BCUT2D eigenvalue weighted by Gasteiger charge is 2.27. The van der Waals surface area contributed by atoms with Crippen molar-refractivity contribution >= 4 is 6.09 Å². The number of carbonyl (C=O) groups excluding carboxylic acids is 1. The highest BCUT2D eigenvalue weighted by molar-refractivity contribution is 5.68. The zero-order valence-electron chi connectivity index (χ0n) is 13.0. The Morgan fingerprint density at radius 2 is 2.14 bits per heavy atom. The lowest BCUT2D eigenvalue weighted by atomic mass is 10.0. The smallest absolute Gasteiger partial charge is 0.408 e. The van der Waals surface area contributed by atoms with E-state index in [1.165, 1.54) is 12.7 Å². The van der Waals surface area contributed by atoms with Gasteiger partial charge in [-0.25, -0.2) is 4.79 Å². The molecule has 1 amide bonds. The fourth-order valence-corrected chi connectivity index (χ4v) is 2.51. The van der Waals surface area contributed by atoms with Crippen molar-refractivity contribution in [2.45, 2.75) is 51.5 Å². The lowest BCUT2D eigenvalue weighted by Gasteiger charge is -2.22. The predicted molar refractivity (Wildman–Crippen MR) is 78.8 cm³/mol. The third-order valence-electron chi connectivity index (χ3n) is 3.45. The van der Waals surface area contributed by atoms with Crippen LogP contribution in [-0.4, -0.2) is 23.9 Å². The van der Waals surface area contributed by atoms with Crippen LogP contribution in [0.4, 0.5) is 4.79 Å². The average molecular weight is 293 g/mol. The second kappa shape index (κ2) is 6.03. The van der Waals surface area contributed by atoms with Gasteiger partial charge >= 0.3 is 6.09 Å². The zero-order valence-corrected chi connectivity index (χ0v) is 13.0. The van der Waals surface area contributed by atoms with Crippen molar-refractivity contribution in [1.29, 1.82) is 0 Å². The van der Waals surface area contributed by atoms with Crippen LogP contribution in [0, 0.1) is 0 Å². The van der Waals surface area contributed by atoms with Crippen LogP contribution in [0.2, 0.25) is 0 Å². The maximum atomic E-state index is 11.9. The van der Waals surface area contributed by atoms with Crippen LogP contribution in [0.3, 0.4) is 0 Å². The number of ether oxygens (including phenoxy) is 2. The van der Waals surface area contributed by atoms with Gasteiger partial charge in [0.2, 0.25) is 0 Å². The molecule has 2 rings (SSSR count). The van der Waals surface area contributed by atoms with E-state index in [-0.39, 0.29) is 6.04 Å². The molecule has 2 N–H and O–H groups in total. The number of aliphatic hydroxyl groups excluding tert-OH is 1. The summed E-state index contributed by atoms with van der Waals surface area (Å²) < 4.78 is 10.2. The molecule has 1 aromatic carbocycles. The fraction of sp³-hybridized carbons (Fsp3) is 0.562. The maximum absolute atomic E-state index is 11.9. The van der Waals surface area contributed by atoms with Crippen molar-refractivity contribution in [2.75, 3.05) is 7.11 Å². The molecular weight excluding hydrogens is 270 g/mol. The highest BCUT2D eigenvalue weighted by atomic mass is 16.6. The molecule has 116 valence electrons. The predicted octanol–water partition coefficient (Wildman–Crippen LogP) is 2.84. The maximum Gasteiger partial charge on any atom is 0.408 e. The topological polar surface area (TPSA) is 67.8 Å². The molecule has 0 spiro atoms. The number of nitrogens with one attached hydrogen (secondary N) is 1. The molecule has 21 heavy (non-hydrogen) atoms. The Morgan fingerprint density at radius 1 is 1.43 bits per heavy atom. The van der Waals surface area contributed by atoms with Gasteiger partial charge in [0.15, 0.2) is 6.29 Å². The van der Waals surface area contributed by atoms with E-state index in [4.69, 9.17) is 9.47 Å². The monoisotopic (exact) mass is 293 g/mol. The zero-order chi connectivity index (χ0) is 15.6. The lowest BCUT2D eigenvalue weighted by Crippen LogP contribution is -2.34. The molecule has 0 bridgehead atoms. The Labute approximate surface area is 125 Å². The van der Waals surface area contributed by atoms with Crippen LogP contribution in [0.1, 0.15) is 56.2 Å². The molecule has 1 unspecified atom stereocenters. The molecule has 5 heteroatoms. The number of fused-ring (bicyclic) bond motifs is 1. The molecule has 0 heterocycles. The van der Waals surface area contributed by atoms with Gasteiger partial charge in [-0.1, -0.05) is 12.1 Å². The summed E-state index contributed by atoms with van der Waals surface area (Å²) in [5.41, 5.74) is 2.38. The van der Waals surface area contributed by atoms with Gasteiger partial charge in [0.05, 0.1) is 6.04 Å². The minimum atomic E-state index is -0.946. The second-order valence-electron chi connectivity index (χ2n) is 6.28. The summed E-state index contributed by atoms with van der Waals surface area (Å²) in [7, 11) is 1.45. The van der Waals surface area contributed by atoms with Crippen LogP contribution in [-0.2, 0) is 15.9 Å². The number of benzene rings is 1. The number of rotatable bonds is 3. The molecule has 0 saturated carbocycles. The molecule has 1 aliphatic rings. The van der Waals surface area contributed by atoms with Crippen LogP contribution >= 0.6 is 0 Å². The van der Waals surface area contributed by atoms with Crippen LogP contribution in [0.15, 0.2) is 18.2 Å². The van der Waals surface area contributed by atoms with Gasteiger partial charge in [-0.05, 0) is 50.8 Å². The molecule has 0 aromatic heterocycles. The van der Waals surface area contributed by atoms with Crippen molar-refractivity contribution in [1.82, 2.24) is 5.32 Å². The van der Waals surface area contributed by atoms with Gasteiger partial charge in [-0.3, -0.25) is 0 Å². The van der Waals surface area contributed by atoms with Crippen molar-refractivity contribution in [3.8, 4) is 0 Å². The van der Waals surface area contributed by atoms with E-state index in [0.29, 0.717) is 5.56 Å². The van der Waals surface area contributed by atoms with Gasteiger partial charge in [0.1, 0.15) is 5.60 Å². The summed E-state index contributed by atoms with van der Waals surface area (Å²) in [5.74, 6) is 0. The molecular formula is C16H23NO4. The Bertz CT molecular complexity index is 521. The van der Waals surface area contributed by atoms with E-state index in [1.807, 2.05) is 39.0 Å². The Kier molecular flexibility index (Phi) is 4.54. The van der Waals surface area contributed by atoms with E-state index in [2.05, 4.69) is 5.32 Å². The molecule has 0 aliphatic heterocycles. The lowest BCUT2D eigenvalue weighted by molar-refractivity contribution is -0.0769. The second-order valence-corrected chi connectivity index (χ2v) is 6.28. The first-order valence-electron chi connectivity index (χ1n) is 7.13. The molecule has 0 radical (unpaired) electrons. The number of aryl methyl sites for hydroxylation is 1. The summed E-state index contributed by atoms with van der Waals surface area (Å²) in [6.07, 6.45) is 0.372. The Morgan fingerprint density at radius 3 is 2.76 bits per heavy atom. The largest absolute Gasteiger partial charge is 0.444 e. The number of amides is 1. The van der Waals surface area contributed by atoms with E-state index >= 15 is 0 Å². The summed E-state index contributed by atoms with van der Waals surface area (Å²) in [5, 5.41) is 12.6. The van der Waals surface area contributed by atoms with Gasteiger partial charge in [0.25, 0.3) is 0 Å². The third-order valence-corrected chi connectivity index (χ3v) is 3.45. The number of methoxy groups -OCH3 is 1. The standard InChI is InChI=1S/C16H23NO4/c1-16(2,3)21-15(19)17-13-8-7-10-5-6-11(9-12(10)13)14(18)20-4/h5-6,9,13-14,18H,7-8H2,1-4H3,(H,17,19)/t13-,14?/m1/s1.